The van der Waals surface area contributed by atoms with Gasteiger partial charge in [-0.3, -0.25) is 9.59 Å². The summed E-state index contributed by atoms with van der Waals surface area (Å²) in [4.78, 5) is 26.3. The van der Waals surface area contributed by atoms with Crippen LogP contribution in [0.2, 0.25) is 0 Å². The zero-order valence-corrected chi connectivity index (χ0v) is 18.9. The van der Waals surface area contributed by atoms with E-state index in [1.54, 1.807) is 37.3 Å². The molecule has 34 heavy (non-hydrogen) atoms. The van der Waals surface area contributed by atoms with Crippen LogP contribution in [0.15, 0.2) is 82.0 Å². The fourth-order valence-electron chi connectivity index (χ4n) is 4.18. The van der Waals surface area contributed by atoms with Crippen molar-refractivity contribution < 1.29 is 18.7 Å². The summed E-state index contributed by atoms with van der Waals surface area (Å²) in [7, 11) is 0. The first-order valence-electron chi connectivity index (χ1n) is 11.4. The Hall–Kier alpha value is -3.90. The maximum Gasteiger partial charge on any atom is 0.259 e. The molecule has 1 atom stereocenters. The van der Waals surface area contributed by atoms with E-state index >= 15 is 0 Å². The molecule has 1 aliphatic heterocycles. The second kappa shape index (κ2) is 9.53. The van der Waals surface area contributed by atoms with Gasteiger partial charge in [-0.2, -0.15) is 0 Å². The fourth-order valence-corrected chi connectivity index (χ4v) is 4.18. The molecule has 0 spiro atoms. The minimum Gasteiger partial charge on any atom is -0.491 e. The standard InChI is InChI=1S/C28H25NO5/c1-18-25(30)23-13-6-14-24(27(23)34-26(18)19-8-3-2-4-9-19)28(31)29-20-10-5-11-21(16-20)33-17-22-12-7-15-32-22/h2-6,8-11,13-14,16,22H,7,12,15,17H2,1H3,(H,29,31). The van der Waals surface area contributed by atoms with E-state index in [0.29, 0.717) is 34.8 Å². The van der Waals surface area contributed by atoms with E-state index < -0.39 is 0 Å². The molecular weight excluding hydrogens is 430 g/mol. The topological polar surface area (TPSA) is 77.8 Å². The Morgan fingerprint density at radius 3 is 2.68 bits per heavy atom. The van der Waals surface area contributed by atoms with Gasteiger partial charge in [-0.05, 0) is 44.0 Å². The van der Waals surface area contributed by atoms with Crippen molar-refractivity contribution in [3.8, 4) is 17.1 Å². The second-order valence-electron chi connectivity index (χ2n) is 8.36. The fraction of sp³-hybridized carbons (Fsp3) is 0.214. The van der Waals surface area contributed by atoms with Gasteiger partial charge in [0, 0.05) is 29.5 Å². The lowest BCUT2D eigenvalue weighted by Gasteiger charge is -2.13. The van der Waals surface area contributed by atoms with Crippen LogP contribution in [0.4, 0.5) is 5.69 Å². The Bertz CT molecular complexity index is 1390. The van der Waals surface area contributed by atoms with Crippen LogP contribution in [0, 0.1) is 6.92 Å². The Morgan fingerprint density at radius 1 is 1.06 bits per heavy atom. The average molecular weight is 456 g/mol. The third-order valence-electron chi connectivity index (χ3n) is 5.98. The molecule has 3 aromatic carbocycles. The number of benzene rings is 3. The first kappa shape index (κ1) is 21.9. The molecule has 1 N–H and O–H groups in total. The number of carbonyl (C=O) groups excluding carboxylic acids is 1. The van der Waals surface area contributed by atoms with E-state index in [1.807, 2.05) is 42.5 Å². The predicted molar refractivity (Wildman–Crippen MR) is 132 cm³/mol. The lowest BCUT2D eigenvalue weighted by molar-refractivity contribution is 0.0680. The van der Waals surface area contributed by atoms with Gasteiger partial charge in [0.25, 0.3) is 5.91 Å². The number of para-hydroxylation sites is 1. The van der Waals surface area contributed by atoms with Gasteiger partial charge < -0.3 is 19.2 Å². The minimum atomic E-state index is -0.368. The highest BCUT2D eigenvalue weighted by molar-refractivity contribution is 6.11. The zero-order valence-electron chi connectivity index (χ0n) is 18.9. The normalized spacial score (nSPS) is 15.4. The van der Waals surface area contributed by atoms with Crippen LogP contribution in [-0.2, 0) is 4.74 Å². The first-order chi connectivity index (χ1) is 16.6. The van der Waals surface area contributed by atoms with Crippen LogP contribution in [0.3, 0.4) is 0 Å². The Labute approximate surface area is 197 Å². The molecule has 6 nitrogen and oxygen atoms in total. The van der Waals surface area contributed by atoms with Crippen molar-refractivity contribution in [2.45, 2.75) is 25.9 Å². The lowest BCUT2D eigenvalue weighted by Crippen LogP contribution is -2.17. The van der Waals surface area contributed by atoms with E-state index in [9.17, 15) is 9.59 Å². The molecule has 4 aromatic rings. The molecule has 172 valence electrons. The monoisotopic (exact) mass is 455 g/mol. The summed E-state index contributed by atoms with van der Waals surface area (Å²) in [5.41, 5.74) is 2.28. The molecule has 5 rings (SSSR count). The number of rotatable bonds is 6. The van der Waals surface area contributed by atoms with Crippen molar-refractivity contribution in [3.63, 3.8) is 0 Å². The third-order valence-corrected chi connectivity index (χ3v) is 5.98. The molecule has 0 saturated carbocycles. The minimum absolute atomic E-state index is 0.110. The van der Waals surface area contributed by atoms with E-state index in [1.165, 1.54) is 0 Å². The predicted octanol–water partition coefficient (Wildman–Crippen LogP) is 5.58. The van der Waals surface area contributed by atoms with Crippen molar-refractivity contribution in [2.24, 2.45) is 0 Å². The van der Waals surface area contributed by atoms with Crippen molar-refractivity contribution in [3.05, 3.63) is 94.1 Å². The van der Waals surface area contributed by atoms with E-state index in [4.69, 9.17) is 13.9 Å². The molecule has 0 bridgehead atoms. The van der Waals surface area contributed by atoms with Gasteiger partial charge in [-0.15, -0.1) is 0 Å². The van der Waals surface area contributed by atoms with Crippen LogP contribution in [0.1, 0.15) is 28.8 Å². The maximum atomic E-state index is 13.2. The molecule has 1 fully saturated rings. The second-order valence-corrected chi connectivity index (χ2v) is 8.36. The summed E-state index contributed by atoms with van der Waals surface area (Å²) in [5, 5.41) is 3.27. The summed E-state index contributed by atoms with van der Waals surface area (Å²) in [6.45, 7) is 2.99. The van der Waals surface area contributed by atoms with Crippen molar-refractivity contribution in [2.75, 3.05) is 18.5 Å². The van der Waals surface area contributed by atoms with E-state index in [-0.39, 0.29) is 28.6 Å². The zero-order chi connectivity index (χ0) is 23.5. The number of amides is 1. The van der Waals surface area contributed by atoms with Gasteiger partial charge in [-0.25, -0.2) is 0 Å². The molecule has 1 aliphatic rings. The van der Waals surface area contributed by atoms with Crippen LogP contribution < -0.4 is 15.5 Å². The first-order valence-corrected chi connectivity index (χ1v) is 11.4. The van der Waals surface area contributed by atoms with Gasteiger partial charge in [0.15, 0.2) is 11.0 Å². The van der Waals surface area contributed by atoms with Gasteiger partial charge in [0.2, 0.25) is 0 Å². The van der Waals surface area contributed by atoms with Crippen molar-refractivity contribution in [1.82, 2.24) is 0 Å². The highest BCUT2D eigenvalue weighted by atomic mass is 16.5. The molecular formula is C28H25NO5. The summed E-state index contributed by atoms with van der Waals surface area (Å²) in [6.07, 6.45) is 2.16. The summed E-state index contributed by atoms with van der Waals surface area (Å²) < 4.78 is 17.6. The van der Waals surface area contributed by atoms with Gasteiger partial charge >= 0.3 is 0 Å². The summed E-state index contributed by atoms with van der Waals surface area (Å²) in [6, 6.07) is 21.7. The smallest absolute Gasteiger partial charge is 0.259 e. The Kier molecular flexibility index (Phi) is 6.14. The largest absolute Gasteiger partial charge is 0.491 e. The molecule has 1 amide bonds. The number of ether oxygens (including phenoxy) is 2. The van der Waals surface area contributed by atoms with E-state index in [2.05, 4.69) is 5.32 Å². The molecule has 0 aliphatic carbocycles. The Balaban J connectivity index is 1.44. The number of hydrogen-bond donors (Lipinski definition) is 1. The molecule has 1 aromatic heterocycles. The highest BCUT2D eigenvalue weighted by Crippen LogP contribution is 2.28. The average Bonchev–Trinajstić information content (AvgIpc) is 3.39. The molecule has 0 radical (unpaired) electrons. The number of fused-ring (bicyclic) bond motifs is 1. The Morgan fingerprint density at radius 2 is 1.88 bits per heavy atom. The van der Waals surface area contributed by atoms with Gasteiger partial charge in [0.05, 0.1) is 17.1 Å². The third kappa shape index (κ3) is 4.45. The summed E-state index contributed by atoms with van der Waals surface area (Å²) >= 11 is 0. The van der Waals surface area contributed by atoms with E-state index in [0.717, 1.165) is 25.0 Å². The van der Waals surface area contributed by atoms with Crippen LogP contribution >= 0.6 is 0 Å². The lowest BCUT2D eigenvalue weighted by atomic mass is 10.0. The SMILES string of the molecule is Cc1c(-c2ccccc2)oc2c(C(=O)Nc3cccc(OCC4CCCO4)c3)cccc2c1=O. The molecule has 2 heterocycles. The number of carbonyl (C=O) groups is 1. The molecule has 6 heteroatoms. The number of anilines is 1. The van der Waals surface area contributed by atoms with Crippen molar-refractivity contribution in [1.29, 1.82) is 0 Å². The van der Waals surface area contributed by atoms with Gasteiger partial charge in [0.1, 0.15) is 18.1 Å². The van der Waals surface area contributed by atoms with Crippen molar-refractivity contribution >= 4 is 22.6 Å². The highest BCUT2D eigenvalue weighted by Gasteiger charge is 2.19. The maximum absolute atomic E-state index is 13.2. The molecule has 1 saturated heterocycles. The molecule has 1 unspecified atom stereocenters. The quantitative estimate of drug-likeness (QED) is 0.411. The number of nitrogens with one attached hydrogen (secondary N) is 1. The summed E-state index contributed by atoms with van der Waals surface area (Å²) in [5.74, 6) is 0.746. The van der Waals surface area contributed by atoms with Crippen LogP contribution in [0.25, 0.3) is 22.3 Å². The van der Waals surface area contributed by atoms with Gasteiger partial charge in [-0.1, -0.05) is 42.5 Å². The van der Waals surface area contributed by atoms with Crippen LogP contribution in [-0.4, -0.2) is 25.2 Å². The van der Waals surface area contributed by atoms with Crippen LogP contribution in [0.5, 0.6) is 5.75 Å². The number of hydrogen-bond acceptors (Lipinski definition) is 5.